The molecule has 5 amide bonds. The van der Waals surface area contributed by atoms with E-state index < -0.39 is 71.0 Å². The minimum atomic E-state index is -1.85. The van der Waals surface area contributed by atoms with Gasteiger partial charge in [-0.3, -0.25) is 34.8 Å². The number of carbonyl (C=O) groups excluding carboxylic acids is 6. The van der Waals surface area contributed by atoms with Gasteiger partial charge in [-0.15, -0.1) is 11.8 Å². The van der Waals surface area contributed by atoms with Gasteiger partial charge in [0.2, 0.25) is 23.6 Å². The third-order valence-corrected chi connectivity index (χ3v) is 15.5. The van der Waals surface area contributed by atoms with Gasteiger partial charge in [-0.05, 0) is 88.7 Å². The topological polar surface area (TPSA) is 224 Å². The Balaban J connectivity index is 1.10. The molecule has 67 heavy (non-hydrogen) atoms. The van der Waals surface area contributed by atoms with Gasteiger partial charge in [-0.1, -0.05) is 42.3 Å². The highest BCUT2D eigenvalue weighted by atomic mass is 127. The van der Waals surface area contributed by atoms with Gasteiger partial charge in [0.05, 0.1) is 30.6 Å². The average molecular weight is 1090 g/mol. The van der Waals surface area contributed by atoms with Crippen molar-refractivity contribution in [2.45, 2.75) is 133 Å². The lowest BCUT2D eigenvalue weighted by Crippen LogP contribution is -2.63. The molecule has 3 saturated heterocycles. The maximum Gasteiger partial charge on any atom is 0.409 e. The number of nitrogens with zero attached hydrogens (tertiary/aromatic N) is 2. The third kappa shape index (κ3) is 12.6. The van der Waals surface area contributed by atoms with Crippen LogP contribution in [0.25, 0.3) is 0 Å². The van der Waals surface area contributed by atoms with Crippen LogP contribution in [0.3, 0.4) is 0 Å². The number of carbonyl (C=O) groups is 6. The zero-order valence-corrected chi connectivity index (χ0v) is 42.7. The van der Waals surface area contributed by atoms with Crippen molar-refractivity contribution in [3.05, 3.63) is 46.5 Å². The predicted molar refractivity (Wildman–Crippen MR) is 257 cm³/mol. The fraction of sp³-hybridized carbons (Fsp3) is 0.652. The van der Waals surface area contributed by atoms with E-state index in [0.717, 1.165) is 24.0 Å². The van der Waals surface area contributed by atoms with Crippen LogP contribution in [0, 0.1) is 17.8 Å². The number of alkyl carbamates (subject to hydrolysis) is 1. The molecule has 4 bridgehead atoms. The Kier molecular flexibility index (Phi) is 18.1. The Hall–Kier alpha value is -3.51. The molecule has 4 N–H and O–H groups in total. The number of aliphatic hydroxyl groups is 1. The molecule has 1 aromatic rings. The molecule has 0 spiro atoms. The standard InChI is InChI=1S/C46H63ClIN5O13S/c1-25-10-8-11-35(62-7)46(60)23-33(64-44(59)49-46)26(2)40-45(4,66-40)36(22-37(54)52(5)31-19-29(18-25)20-32(61-6)39(31)47)65-43(58)27(3)63-16-9-17-67-34-21-38(55)53(42(34)57)24-28-12-14-30(15-13-28)41(56)50-51-48/h8,10-11,19-20,26-28,30,33-36,40,51,60H,9,12-18,21-24H2,1-7H3,(H,49,59)(H,50,56)/b11-8+,25-10+/t26-,27+,28?,30?,33+,34?,35-,36+,40+,45+,46+/m1/s1. The summed E-state index contributed by atoms with van der Waals surface area (Å²) in [5.41, 5.74) is 1.64. The lowest BCUT2D eigenvalue weighted by atomic mass is 9.81. The van der Waals surface area contributed by atoms with Gasteiger partial charge in [-0.2, -0.15) is 3.64 Å². The summed E-state index contributed by atoms with van der Waals surface area (Å²) in [6.07, 6.45) is 3.29. The van der Waals surface area contributed by atoms with Crippen LogP contribution >= 0.6 is 46.2 Å². The minimum Gasteiger partial charge on any atom is -0.495 e. The number of methoxy groups -OCH3 is 2. The Morgan fingerprint density at radius 1 is 1.12 bits per heavy atom. The summed E-state index contributed by atoms with van der Waals surface area (Å²) < 4.78 is 37.9. The molecule has 1 aliphatic carbocycles. The molecule has 5 aliphatic rings. The number of epoxide rings is 1. The normalized spacial score (nSPS) is 33.1. The fourth-order valence-corrected chi connectivity index (χ4v) is 11.1. The molecule has 0 aromatic heterocycles. The lowest BCUT2D eigenvalue weighted by Gasteiger charge is -2.42. The van der Waals surface area contributed by atoms with Crippen molar-refractivity contribution in [3.63, 3.8) is 0 Å². The largest absolute Gasteiger partial charge is 0.495 e. The zero-order chi connectivity index (χ0) is 48.8. The number of hydrazine groups is 1. The summed E-state index contributed by atoms with van der Waals surface area (Å²) in [5.74, 6) is -1.23. The molecule has 1 unspecified atom stereocenters. The van der Waals surface area contributed by atoms with E-state index >= 15 is 0 Å². The summed E-state index contributed by atoms with van der Waals surface area (Å²) in [5, 5.41) is 14.0. The predicted octanol–water partition coefficient (Wildman–Crippen LogP) is 5.10. The zero-order valence-electron chi connectivity index (χ0n) is 39.0. The van der Waals surface area contributed by atoms with Crippen LogP contribution in [0.2, 0.25) is 5.02 Å². The van der Waals surface area contributed by atoms with E-state index in [1.165, 1.54) is 35.8 Å². The van der Waals surface area contributed by atoms with Gasteiger partial charge in [0.25, 0.3) is 0 Å². The minimum absolute atomic E-state index is 0.0482. The van der Waals surface area contributed by atoms with Crippen molar-refractivity contribution in [1.29, 1.82) is 0 Å². The third-order valence-electron chi connectivity index (χ3n) is 13.5. The Morgan fingerprint density at radius 3 is 2.54 bits per heavy atom. The highest BCUT2D eigenvalue weighted by Gasteiger charge is 2.64. The number of hydrogen-bond donors (Lipinski definition) is 4. The average Bonchev–Trinajstić information content (AvgIpc) is 3.92. The van der Waals surface area contributed by atoms with Gasteiger partial charge in [0.1, 0.15) is 34.7 Å². The number of esters is 1. The van der Waals surface area contributed by atoms with E-state index in [0.29, 0.717) is 49.4 Å². The summed E-state index contributed by atoms with van der Waals surface area (Å²) in [7, 11) is 4.49. The molecule has 0 radical (unpaired) electrons. The first kappa shape index (κ1) is 52.9. The lowest BCUT2D eigenvalue weighted by molar-refractivity contribution is -0.165. The number of rotatable bonds is 14. The second-order valence-electron chi connectivity index (χ2n) is 18.3. The van der Waals surface area contributed by atoms with Crippen molar-refractivity contribution >= 4 is 87.6 Å². The molecule has 370 valence electrons. The molecule has 4 heterocycles. The number of anilines is 1. The van der Waals surface area contributed by atoms with E-state index in [4.69, 9.17) is 40.0 Å². The summed E-state index contributed by atoms with van der Waals surface area (Å²) in [4.78, 5) is 82.1. The Morgan fingerprint density at radius 2 is 1.85 bits per heavy atom. The maximum absolute atomic E-state index is 14.3. The highest BCUT2D eigenvalue weighted by Crippen LogP contribution is 2.49. The molecule has 6 rings (SSSR count). The van der Waals surface area contributed by atoms with Crippen LogP contribution in [-0.2, 0) is 54.1 Å². The van der Waals surface area contributed by atoms with Crippen molar-refractivity contribution in [3.8, 4) is 5.75 Å². The van der Waals surface area contributed by atoms with E-state index in [9.17, 15) is 33.9 Å². The first-order chi connectivity index (χ1) is 31.8. The van der Waals surface area contributed by atoms with Crippen LogP contribution in [-0.4, -0.2) is 133 Å². The molecule has 18 nitrogen and oxygen atoms in total. The van der Waals surface area contributed by atoms with Crippen molar-refractivity contribution < 1.29 is 62.3 Å². The number of allylic oxidation sites excluding steroid dienone is 3. The summed E-state index contributed by atoms with van der Waals surface area (Å²) in [6.45, 7) is 7.49. The van der Waals surface area contributed by atoms with Crippen molar-refractivity contribution in [2.75, 3.05) is 45.1 Å². The molecular formula is C46H63ClIN5O13S. The number of benzene rings is 1. The molecule has 21 heteroatoms. The Labute approximate surface area is 414 Å². The van der Waals surface area contributed by atoms with Crippen molar-refractivity contribution in [2.24, 2.45) is 17.8 Å². The molecule has 9 atom stereocenters. The fourth-order valence-electron chi connectivity index (χ4n) is 9.44. The second kappa shape index (κ2) is 22.9. The van der Waals surface area contributed by atoms with Gasteiger partial charge in [-0.25, -0.2) is 9.59 Å². The molecule has 4 aliphatic heterocycles. The first-order valence-corrected chi connectivity index (χ1v) is 25.1. The quantitative estimate of drug-likeness (QED) is 0.0362. The van der Waals surface area contributed by atoms with Crippen LogP contribution in [0.15, 0.2) is 35.9 Å². The SMILES string of the molecule is COc1cc2cc(c1Cl)N(C)C(=O)C[C@H](OC(=O)[C@H](C)OCCCSC1CC(=O)N(CC3CCC(C(=O)NNI)CC3)C1=O)[C@]1(C)O[C@H]1[C@H](C)[C@@H]1C[C@@](O)(NC(=O)O1)[C@H](OC)/C=C/C=C(\C)C2. The Bertz CT molecular complexity index is 2090. The summed E-state index contributed by atoms with van der Waals surface area (Å²) >= 11 is 10.0. The van der Waals surface area contributed by atoms with Crippen LogP contribution in [0.5, 0.6) is 5.75 Å². The van der Waals surface area contributed by atoms with Gasteiger partial charge >= 0.3 is 12.1 Å². The number of ether oxygens (including phenoxy) is 6. The number of fused-ring (bicyclic) bond motifs is 5. The van der Waals surface area contributed by atoms with E-state index in [2.05, 4.69) is 14.4 Å². The number of likely N-dealkylation sites (tertiary alicyclic amines) is 1. The molecular weight excluding hydrogens is 1020 g/mol. The smallest absolute Gasteiger partial charge is 0.409 e. The van der Waals surface area contributed by atoms with E-state index in [1.807, 2.05) is 35.9 Å². The van der Waals surface area contributed by atoms with E-state index in [-0.39, 0.29) is 60.4 Å². The van der Waals surface area contributed by atoms with Gasteiger partial charge in [0, 0.05) is 74.9 Å². The number of halogens is 2. The number of nitrogens with one attached hydrogen (secondary N) is 3. The first-order valence-electron chi connectivity index (χ1n) is 22.6. The molecule has 4 fully saturated rings. The van der Waals surface area contributed by atoms with Gasteiger partial charge < -0.3 is 38.4 Å². The number of imide groups is 1. The molecule has 1 saturated carbocycles. The number of thioether (sulfide) groups is 1. The monoisotopic (exact) mass is 1090 g/mol. The number of hydrogen-bond acceptors (Lipinski definition) is 15. The van der Waals surface area contributed by atoms with E-state index in [1.54, 1.807) is 52.1 Å². The van der Waals surface area contributed by atoms with Crippen LogP contribution in [0.1, 0.15) is 84.6 Å². The van der Waals surface area contributed by atoms with Crippen molar-refractivity contribution in [1.82, 2.24) is 19.3 Å². The summed E-state index contributed by atoms with van der Waals surface area (Å²) in [6, 6.07) is 3.58. The van der Waals surface area contributed by atoms with Crippen LogP contribution < -0.4 is 24.0 Å². The highest BCUT2D eigenvalue weighted by molar-refractivity contribution is 14.1. The van der Waals surface area contributed by atoms with Gasteiger partial charge in [0.15, 0.2) is 11.8 Å². The number of amides is 5. The second-order valence-corrected chi connectivity index (χ2v) is 20.5. The molecule has 1 aromatic carbocycles. The van der Waals surface area contributed by atoms with Crippen LogP contribution in [0.4, 0.5) is 10.5 Å². The maximum atomic E-state index is 14.3.